The Morgan fingerprint density at radius 3 is 2.32 bits per heavy atom. The summed E-state index contributed by atoms with van der Waals surface area (Å²) in [5, 5.41) is 2.75. The van der Waals surface area contributed by atoms with Gasteiger partial charge in [0, 0.05) is 11.1 Å². The lowest BCUT2D eigenvalue weighted by atomic mass is 10.1. The molecule has 25 heavy (non-hydrogen) atoms. The molecule has 1 amide bonds. The molecule has 0 heterocycles. The molecular formula is C18H19F2NO4. The minimum absolute atomic E-state index is 0.0256. The van der Waals surface area contributed by atoms with Crippen LogP contribution in [0, 0.1) is 0 Å². The number of ether oxygens (including phenoxy) is 3. The Hall–Kier alpha value is -2.83. The van der Waals surface area contributed by atoms with Crippen molar-refractivity contribution in [2.45, 2.75) is 19.6 Å². The predicted molar refractivity (Wildman–Crippen MR) is 88.5 cm³/mol. The first kappa shape index (κ1) is 18.5. The van der Waals surface area contributed by atoms with Crippen molar-refractivity contribution in [1.29, 1.82) is 0 Å². The number of methoxy groups -OCH3 is 2. The Morgan fingerprint density at radius 2 is 1.68 bits per heavy atom. The predicted octanol–water partition coefficient (Wildman–Crippen LogP) is 3.80. The fraction of sp³-hybridized carbons (Fsp3) is 0.278. The molecule has 0 radical (unpaired) electrons. The maximum absolute atomic E-state index is 12.5. The van der Waals surface area contributed by atoms with Gasteiger partial charge in [-0.2, -0.15) is 8.78 Å². The van der Waals surface area contributed by atoms with Crippen LogP contribution in [0.4, 0.5) is 8.78 Å². The Balaban J connectivity index is 2.18. The molecule has 1 atom stereocenters. The van der Waals surface area contributed by atoms with E-state index in [1.54, 1.807) is 43.3 Å². The van der Waals surface area contributed by atoms with Crippen LogP contribution < -0.4 is 19.5 Å². The zero-order valence-corrected chi connectivity index (χ0v) is 14.1. The largest absolute Gasteiger partial charge is 0.493 e. The molecule has 0 fully saturated rings. The second-order valence-electron chi connectivity index (χ2n) is 5.18. The van der Waals surface area contributed by atoms with Gasteiger partial charge in [-0.15, -0.1) is 0 Å². The molecule has 0 aliphatic heterocycles. The molecule has 134 valence electrons. The topological polar surface area (TPSA) is 56.8 Å². The van der Waals surface area contributed by atoms with E-state index in [9.17, 15) is 13.6 Å². The summed E-state index contributed by atoms with van der Waals surface area (Å²) >= 11 is 0. The molecule has 2 aromatic carbocycles. The van der Waals surface area contributed by atoms with Crippen LogP contribution in [-0.2, 0) is 0 Å². The molecular weight excluding hydrogens is 332 g/mol. The van der Waals surface area contributed by atoms with E-state index in [4.69, 9.17) is 9.47 Å². The van der Waals surface area contributed by atoms with Gasteiger partial charge in [-0.1, -0.05) is 18.2 Å². The molecule has 0 aliphatic carbocycles. The van der Waals surface area contributed by atoms with Gasteiger partial charge in [0.25, 0.3) is 5.91 Å². The maximum atomic E-state index is 12.5. The average Bonchev–Trinajstić information content (AvgIpc) is 2.60. The van der Waals surface area contributed by atoms with Crippen LogP contribution in [0.5, 0.6) is 17.2 Å². The number of benzene rings is 2. The van der Waals surface area contributed by atoms with Gasteiger partial charge in [0.2, 0.25) is 0 Å². The summed E-state index contributed by atoms with van der Waals surface area (Å²) in [5.74, 6) is 0.574. The molecule has 0 saturated heterocycles. The van der Waals surface area contributed by atoms with Crippen molar-refractivity contribution in [3.05, 3.63) is 53.6 Å². The molecule has 0 aliphatic rings. The minimum Gasteiger partial charge on any atom is -0.493 e. The van der Waals surface area contributed by atoms with Crippen LogP contribution in [0.2, 0.25) is 0 Å². The lowest BCUT2D eigenvalue weighted by Gasteiger charge is -2.18. The molecule has 5 nitrogen and oxygen atoms in total. The van der Waals surface area contributed by atoms with Gasteiger partial charge >= 0.3 is 6.61 Å². The highest BCUT2D eigenvalue weighted by Gasteiger charge is 2.18. The number of rotatable bonds is 7. The number of amides is 1. The van der Waals surface area contributed by atoms with Crippen molar-refractivity contribution in [3.8, 4) is 17.2 Å². The van der Waals surface area contributed by atoms with Gasteiger partial charge in [-0.05, 0) is 31.2 Å². The van der Waals surface area contributed by atoms with E-state index < -0.39 is 12.7 Å². The fourth-order valence-corrected chi connectivity index (χ4v) is 2.38. The smallest absolute Gasteiger partial charge is 0.387 e. The van der Waals surface area contributed by atoms with Crippen LogP contribution in [0.15, 0.2) is 42.5 Å². The van der Waals surface area contributed by atoms with E-state index in [0.29, 0.717) is 22.6 Å². The first-order valence-corrected chi connectivity index (χ1v) is 7.53. The number of hydrogen-bond donors (Lipinski definition) is 1. The van der Waals surface area contributed by atoms with Gasteiger partial charge in [-0.25, -0.2) is 0 Å². The Bertz CT molecular complexity index is 737. The van der Waals surface area contributed by atoms with Crippen LogP contribution in [-0.4, -0.2) is 26.7 Å². The first-order chi connectivity index (χ1) is 12.0. The van der Waals surface area contributed by atoms with Crippen molar-refractivity contribution in [2.75, 3.05) is 14.2 Å². The molecule has 0 saturated carbocycles. The van der Waals surface area contributed by atoms with Crippen molar-refractivity contribution < 1.29 is 27.8 Å². The Morgan fingerprint density at radius 1 is 1.00 bits per heavy atom. The normalized spacial score (nSPS) is 11.8. The van der Waals surface area contributed by atoms with Crippen molar-refractivity contribution >= 4 is 5.91 Å². The summed E-state index contributed by atoms with van der Waals surface area (Å²) in [6.45, 7) is -1.25. The third-order valence-corrected chi connectivity index (χ3v) is 3.59. The van der Waals surface area contributed by atoms with E-state index in [1.165, 1.54) is 20.3 Å². The van der Waals surface area contributed by atoms with Crippen molar-refractivity contribution in [3.63, 3.8) is 0 Å². The summed E-state index contributed by atoms with van der Waals surface area (Å²) in [4.78, 5) is 12.4. The third kappa shape index (κ3) is 4.59. The zero-order valence-electron chi connectivity index (χ0n) is 14.1. The lowest BCUT2D eigenvalue weighted by Crippen LogP contribution is -2.27. The third-order valence-electron chi connectivity index (χ3n) is 3.59. The molecule has 0 bridgehead atoms. The standard InChI is InChI=1S/C18H19F2NO4/c1-11(13-6-4-5-7-14(13)25-18(19)20)21-17(22)12-8-9-15(23-2)16(10-12)24-3/h4-11,18H,1-3H3,(H,21,22)/t11-/m0/s1. The minimum atomic E-state index is -2.94. The van der Waals surface area contributed by atoms with Crippen molar-refractivity contribution in [1.82, 2.24) is 5.32 Å². The highest BCUT2D eigenvalue weighted by molar-refractivity contribution is 5.95. The van der Waals surface area contributed by atoms with E-state index in [-0.39, 0.29) is 11.7 Å². The summed E-state index contributed by atoms with van der Waals surface area (Å²) in [5.41, 5.74) is 0.813. The van der Waals surface area contributed by atoms with E-state index in [0.717, 1.165) is 0 Å². The molecule has 7 heteroatoms. The summed E-state index contributed by atoms with van der Waals surface area (Å²) in [7, 11) is 2.97. The van der Waals surface area contributed by atoms with Gasteiger partial charge in [0.1, 0.15) is 5.75 Å². The average molecular weight is 351 g/mol. The highest BCUT2D eigenvalue weighted by atomic mass is 19.3. The lowest BCUT2D eigenvalue weighted by molar-refractivity contribution is -0.0506. The van der Waals surface area contributed by atoms with Crippen LogP contribution >= 0.6 is 0 Å². The van der Waals surface area contributed by atoms with E-state index >= 15 is 0 Å². The zero-order chi connectivity index (χ0) is 18.4. The number of halogens is 2. The SMILES string of the molecule is COc1ccc(C(=O)N[C@@H](C)c2ccccc2OC(F)F)cc1OC. The number of carbonyl (C=O) groups excluding carboxylic acids is 1. The number of para-hydroxylation sites is 1. The fourth-order valence-electron chi connectivity index (χ4n) is 2.38. The number of hydrogen-bond acceptors (Lipinski definition) is 4. The molecule has 2 aromatic rings. The number of alkyl halides is 2. The van der Waals surface area contributed by atoms with Gasteiger partial charge in [-0.3, -0.25) is 4.79 Å². The van der Waals surface area contributed by atoms with Gasteiger partial charge < -0.3 is 19.5 Å². The van der Waals surface area contributed by atoms with Gasteiger partial charge in [0.05, 0.1) is 20.3 Å². The number of carbonyl (C=O) groups is 1. The monoisotopic (exact) mass is 351 g/mol. The number of nitrogens with one attached hydrogen (secondary N) is 1. The van der Waals surface area contributed by atoms with E-state index in [1.807, 2.05) is 0 Å². The Labute approximate surface area is 144 Å². The highest BCUT2D eigenvalue weighted by Crippen LogP contribution is 2.29. The second kappa shape index (κ2) is 8.32. The van der Waals surface area contributed by atoms with Gasteiger partial charge in [0.15, 0.2) is 11.5 Å². The van der Waals surface area contributed by atoms with Crippen LogP contribution in [0.1, 0.15) is 28.9 Å². The summed E-state index contributed by atoms with van der Waals surface area (Å²) in [6.07, 6.45) is 0. The van der Waals surface area contributed by atoms with Crippen molar-refractivity contribution in [2.24, 2.45) is 0 Å². The second-order valence-corrected chi connectivity index (χ2v) is 5.18. The quantitative estimate of drug-likeness (QED) is 0.824. The van der Waals surface area contributed by atoms with E-state index in [2.05, 4.69) is 10.1 Å². The van der Waals surface area contributed by atoms with Crippen LogP contribution in [0.25, 0.3) is 0 Å². The molecule has 0 unspecified atom stereocenters. The Kier molecular flexibility index (Phi) is 6.16. The van der Waals surface area contributed by atoms with Crippen LogP contribution in [0.3, 0.4) is 0 Å². The maximum Gasteiger partial charge on any atom is 0.387 e. The molecule has 1 N–H and O–H groups in total. The molecule has 0 spiro atoms. The molecule has 0 aromatic heterocycles. The molecule has 2 rings (SSSR count). The summed E-state index contributed by atoms with van der Waals surface area (Å²) < 4.78 is 39.8. The first-order valence-electron chi connectivity index (χ1n) is 7.53. The summed E-state index contributed by atoms with van der Waals surface area (Å²) in [6, 6.07) is 10.5.